The fourth-order valence-electron chi connectivity index (χ4n) is 3.07. The molecular weight excluding hydrogens is 372 g/mol. The van der Waals surface area contributed by atoms with Gasteiger partial charge in [-0.15, -0.1) is 0 Å². The summed E-state index contributed by atoms with van der Waals surface area (Å²) in [5.41, 5.74) is 1.60. The Morgan fingerprint density at radius 2 is 1.66 bits per heavy atom. The molecule has 0 radical (unpaired) electrons. The molecule has 2 aromatic rings. The van der Waals surface area contributed by atoms with Crippen molar-refractivity contribution in [3.05, 3.63) is 70.8 Å². The van der Waals surface area contributed by atoms with Crippen molar-refractivity contribution in [2.45, 2.75) is 25.9 Å². The van der Waals surface area contributed by atoms with Gasteiger partial charge in [-0.1, -0.05) is 37.3 Å². The van der Waals surface area contributed by atoms with E-state index >= 15 is 0 Å². The highest BCUT2D eigenvalue weighted by atomic mass is 16.5. The maximum Gasteiger partial charge on any atom is 0.338 e. The lowest BCUT2D eigenvalue weighted by Crippen LogP contribution is -2.37. The number of amides is 3. The molecule has 0 bridgehead atoms. The van der Waals surface area contributed by atoms with Crippen LogP contribution in [0.4, 0.5) is 0 Å². The van der Waals surface area contributed by atoms with Gasteiger partial charge in [-0.25, -0.2) is 4.79 Å². The maximum absolute atomic E-state index is 12.4. The van der Waals surface area contributed by atoms with E-state index in [9.17, 15) is 19.2 Å². The Morgan fingerprint density at radius 1 is 1.00 bits per heavy atom. The lowest BCUT2D eigenvalue weighted by atomic mass is 10.0. The molecule has 1 N–H and O–H groups in total. The number of hydrogen-bond acceptors (Lipinski definition) is 5. The van der Waals surface area contributed by atoms with E-state index in [0.717, 1.165) is 10.5 Å². The summed E-state index contributed by atoms with van der Waals surface area (Å²) < 4.78 is 5.22. The lowest BCUT2D eigenvalue weighted by Gasteiger charge is -2.17. The molecule has 7 nitrogen and oxygen atoms in total. The fraction of sp³-hybridized carbons (Fsp3) is 0.273. The number of rotatable bonds is 6. The smallest absolute Gasteiger partial charge is 0.338 e. The monoisotopic (exact) mass is 394 g/mol. The summed E-state index contributed by atoms with van der Waals surface area (Å²) in [6, 6.07) is 13.9. The largest absolute Gasteiger partial charge is 0.449 e. The number of carbonyl (C=O) groups is 4. The predicted molar refractivity (Wildman–Crippen MR) is 106 cm³/mol. The van der Waals surface area contributed by atoms with Gasteiger partial charge in [0.05, 0.1) is 16.7 Å². The first kappa shape index (κ1) is 20.3. The second kappa shape index (κ2) is 8.26. The molecule has 7 heteroatoms. The fourth-order valence-corrected chi connectivity index (χ4v) is 3.07. The van der Waals surface area contributed by atoms with Gasteiger partial charge in [0, 0.05) is 13.6 Å². The molecule has 150 valence electrons. The second-order valence-electron chi connectivity index (χ2n) is 7.03. The summed E-state index contributed by atoms with van der Waals surface area (Å²) in [7, 11) is 1.38. The summed E-state index contributed by atoms with van der Waals surface area (Å²) in [4.78, 5) is 49.6. The van der Waals surface area contributed by atoms with Gasteiger partial charge >= 0.3 is 5.97 Å². The van der Waals surface area contributed by atoms with Crippen LogP contribution in [0.3, 0.4) is 0 Å². The van der Waals surface area contributed by atoms with E-state index in [2.05, 4.69) is 5.32 Å². The van der Waals surface area contributed by atoms with Gasteiger partial charge in [-0.3, -0.25) is 19.3 Å². The molecule has 0 saturated carbocycles. The molecular formula is C22H22N2O5. The Morgan fingerprint density at radius 3 is 2.34 bits per heavy atom. The van der Waals surface area contributed by atoms with Crippen LogP contribution in [0.1, 0.15) is 56.4 Å². The van der Waals surface area contributed by atoms with Gasteiger partial charge in [0.15, 0.2) is 6.10 Å². The third-order valence-electron chi connectivity index (χ3n) is 4.93. The average molecular weight is 394 g/mol. The molecule has 1 heterocycles. The van der Waals surface area contributed by atoms with Gasteiger partial charge in [-0.05, 0) is 36.6 Å². The number of nitrogens with one attached hydrogen (secondary N) is 1. The minimum absolute atomic E-state index is 0.109. The number of carbonyl (C=O) groups excluding carboxylic acids is 4. The molecule has 2 atom stereocenters. The van der Waals surface area contributed by atoms with Crippen LogP contribution in [0.15, 0.2) is 48.5 Å². The second-order valence-corrected chi connectivity index (χ2v) is 7.03. The van der Waals surface area contributed by atoms with Crippen molar-refractivity contribution in [1.29, 1.82) is 0 Å². The van der Waals surface area contributed by atoms with Gasteiger partial charge in [0.2, 0.25) is 0 Å². The first-order chi connectivity index (χ1) is 13.8. The minimum atomic E-state index is -1.00. The quantitative estimate of drug-likeness (QED) is 0.600. The van der Waals surface area contributed by atoms with E-state index in [0.29, 0.717) is 6.54 Å². The van der Waals surface area contributed by atoms with Crippen molar-refractivity contribution in [3.63, 3.8) is 0 Å². The van der Waals surface area contributed by atoms with Crippen molar-refractivity contribution in [2.24, 2.45) is 0 Å². The van der Waals surface area contributed by atoms with Crippen LogP contribution in [-0.2, 0) is 9.53 Å². The van der Waals surface area contributed by atoms with E-state index in [1.807, 2.05) is 37.3 Å². The van der Waals surface area contributed by atoms with Crippen LogP contribution >= 0.6 is 0 Å². The van der Waals surface area contributed by atoms with Gasteiger partial charge in [0.1, 0.15) is 0 Å². The normalized spacial score (nSPS) is 14.9. The van der Waals surface area contributed by atoms with Crippen LogP contribution in [-0.4, -0.2) is 48.3 Å². The Kier molecular flexibility index (Phi) is 5.77. The molecule has 29 heavy (non-hydrogen) atoms. The van der Waals surface area contributed by atoms with E-state index in [-0.39, 0.29) is 22.6 Å². The Hall–Kier alpha value is -3.48. The van der Waals surface area contributed by atoms with Crippen molar-refractivity contribution in [1.82, 2.24) is 10.2 Å². The molecule has 2 unspecified atom stereocenters. The Bertz CT molecular complexity index is 970. The number of esters is 1. The van der Waals surface area contributed by atoms with Crippen molar-refractivity contribution < 1.29 is 23.9 Å². The third-order valence-corrected chi connectivity index (χ3v) is 4.93. The van der Waals surface area contributed by atoms with Gasteiger partial charge in [-0.2, -0.15) is 0 Å². The number of nitrogens with zero attached hydrogens (tertiary/aromatic N) is 1. The van der Waals surface area contributed by atoms with Crippen LogP contribution in [0.2, 0.25) is 0 Å². The zero-order chi connectivity index (χ0) is 21.1. The molecule has 0 fully saturated rings. The average Bonchev–Trinajstić information content (AvgIpc) is 2.95. The standard InChI is InChI=1S/C22H22N2O5/c1-13(15-7-5-4-6-8-15)12-23-19(25)14(2)29-22(28)16-9-10-17-18(11-16)21(27)24(3)20(17)26/h4-11,13-14H,12H2,1-3H3,(H,23,25). The number of hydrogen-bond donors (Lipinski definition) is 1. The molecule has 3 rings (SSSR count). The molecule has 0 saturated heterocycles. The topological polar surface area (TPSA) is 92.8 Å². The zero-order valence-corrected chi connectivity index (χ0v) is 16.5. The van der Waals surface area contributed by atoms with Gasteiger partial charge in [0.25, 0.3) is 17.7 Å². The minimum Gasteiger partial charge on any atom is -0.449 e. The van der Waals surface area contributed by atoms with E-state index < -0.39 is 29.8 Å². The molecule has 3 amide bonds. The highest BCUT2D eigenvalue weighted by Crippen LogP contribution is 2.23. The zero-order valence-electron chi connectivity index (χ0n) is 16.5. The molecule has 0 spiro atoms. The highest BCUT2D eigenvalue weighted by molar-refractivity contribution is 6.21. The number of ether oxygens (including phenoxy) is 1. The Labute approximate surface area is 168 Å². The van der Waals surface area contributed by atoms with Crippen molar-refractivity contribution >= 4 is 23.7 Å². The first-order valence-electron chi connectivity index (χ1n) is 9.29. The molecule has 2 aromatic carbocycles. The number of imide groups is 1. The third kappa shape index (κ3) is 4.18. The highest BCUT2D eigenvalue weighted by Gasteiger charge is 2.33. The maximum atomic E-state index is 12.4. The van der Waals surface area contributed by atoms with E-state index in [1.54, 1.807) is 0 Å². The van der Waals surface area contributed by atoms with Crippen molar-refractivity contribution in [2.75, 3.05) is 13.6 Å². The van der Waals surface area contributed by atoms with Crippen LogP contribution in [0, 0.1) is 0 Å². The number of fused-ring (bicyclic) bond motifs is 1. The van der Waals surface area contributed by atoms with E-state index in [4.69, 9.17) is 4.74 Å². The predicted octanol–water partition coefficient (Wildman–Crippen LogP) is 2.38. The molecule has 1 aliphatic heterocycles. The summed E-state index contributed by atoms with van der Waals surface area (Å²) in [6.07, 6.45) is -1.00. The summed E-state index contributed by atoms with van der Waals surface area (Å²) in [5, 5.41) is 2.78. The van der Waals surface area contributed by atoms with E-state index in [1.165, 1.54) is 32.2 Å². The SMILES string of the molecule is CC(OC(=O)c1ccc2c(c1)C(=O)N(C)C2=O)C(=O)NCC(C)c1ccccc1. The molecule has 0 aromatic heterocycles. The van der Waals surface area contributed by atoms with Gasteiger partial charge < -0.3 is 10.1 Å². The van der Waals surface area contributed by atoms with Crippen LogP contribution in [0.25, 0.3) is 0 Å². The van der Waals surface area contributed by atoms with Crippen LogP contribution < -0.4 is 5.32 Å². The summed E-state index contributed by atoms with van der Waals surface area (Å²) in [6.45, 7) is 3.88. The van der Waals surface area contributed by atoms with Crippen molar-refractivity contribution in [3.8, 4) is 0 Å². The first-order valence-corrected chi connectivity index (χ1v) is 9.29. The lowest BCUT2D eigenvalue weighted by molar-refractivity contribution is -0.129. The number of benzene rings is 2. The molecule has 0 aliphatic carbocycles. The Balaban J connectivity index is 1.59. The summed E-state index contributed by atoms with van der Waals surface area (Å²) >= 11 is 0. The summed E-state index contributed by atoms with van der Waals surface area (Å²) in [5.74, 6) is -1.92. The molecule has 1 aliphatic rings. The van der Waals surface area contributed by atoms with Crippen LogP contribution in [0.5, 0.6) is 0 Å².